The summed E-state index contributed by atoms with van der Waals surface area (Å²) in [6.45, 7) is 1.14. The Bertz CT molecular complexity index is 1020. The zero-order chi connectivity index (χ0) is 20.3. The van der Waals surface area contributed by atoms with Crippen molar-refractivity contribution in [3.63, 3.8) is 0 Å². The van der Waals surface area contributed by atoms with Crippen LogP contribution in [0.15, 0.2) is 42.5 Å². The molecule has 1 N–H and O–H groups in total. The van der Waals surface area contributed by atoms with Crippen molar-refractivity contribution >= 4 is 38.3 Å². The van der Waals surface area contributed by atoms with Crippen molar-refractivity contribution in [2.45, 2.75) is 0 Å². The normalized spacial score (nSPS) is 11.0. The zero-order valence-corrected chi connectivity index (χ0v) is 16.7. The number of non-ortho nitro benzene ring substituents is 1. The average Bonchev–Trinajstić information content (AvgIpc) is 3.11. The van der Waals surface area contributed by atoms with Gasteiger partial charge in [-0.25, -0.2) is 4.98 Å². The van der Waals surface area contributed by atoms with Crippen LogP contribution in [0.1, 0.15) is 10.4 Å². The van der Waals surface area contributed by atoms with Gasteiger partial charge in [0.1, 0.15) is 11.3 Å². The molecular formula is C19H21N4O4S+. The largest absolute Gasteiger partial charge is 0.494 e. The zero-order valence-electron chi connectivity index (χ0n) is 15.8. The summed E-state index contributed by atoms with van der Waals surface area (Å²) in [5.74, 6) is 0.323. The lowest BCUT2D eigenvalue weighted by Crippen LogP contribution is -3.06. The van der Waals surface area contributed by atoms with E-state index < -0.39 is 4.92 Å². The number of nitro groups is 1. The Morgan fingerprint density at radius 3 is 2.71 bits per heavy atom. The fourth-order valence-corrected chi connectivity index (χ4v) is 3.73. The predicted octanol–water partition coefficient (Wildman–Crippen LogP) is 2.00. The SMILES string of the molecule is COc1cccc2sc(N(CC[NH+](C)C)C(=O)c3cccc([N+](=O)[O-])c3)nc12. The molecule has 0 saturated carbocycles. The predicted molar refractivity (Wildman–Crippen MR) is 109 cm³/mol. The van der Waals surface area contributed by atoms with Crippen LogP contribution in [0.5, 0.6) is 5.75 Å². The number of nitrogens with zero attached hydrogens (tertiary/aromatic N) is 3. The van der Waals surface area contributed by atoms with Gasteiger partial charge < -0.3 is 9.64 Å². The highest BCUT2D eigenvalue weighted by Crippen LogP contribution is 2.34. The summed E-state index contributed by atoms with van der Waals surface area (Å²) in [4.78, 5) is 31.1. The highest BCUT2D eigenvalue weighted by atomic mass is 32.1. The van der Waals surface area contributed by atoms with Crippen LogP contribution >= 0.6 is 11.3 Å². The number of nitro benzene ring substituents is 1. The summed E-state index contributed by atoms with van der Waals surface area (Å²) in [5, 5.41) is 11.6. The minimum atomic E-state index is -0.506. The second-order valence-corrected chi connectivity index (χ2v) is 7.53. The molecule has 9 heteroatoms. The molecule has 3 rings (SSSR count). The Hall–Kier alpha value is -3.04. The average molecular weight is 401 g/mol. The second kappa shape index (κ2) is 8.32. The summed E-state index contributed by atoms with van der Waals surface area (Å²) < 4.78 is 6.27. The molecule has 0 spiro atoms. The number of thiazole rings is 1. The van der Waals surface area contributed by atoms with Crippen LogP contribution in [0.3, 0.4) is 0 Å². The maximum absolute atomic E-state index is 13.2. The lowest BCUT2D eigenvalue weighted by molar-refractivity contribution is -0.856. The lowest BCUT2D eigenvalue weighted by atomic mass is 10.2. The Morgan fingerprint density at radius 2 is 2.04 bits per heavy atom. The van der Waals surface area contributed by atoms with Crippen molar-refractivity contribution in [3.05, 3.63) is 58.1 Å². The van der Waals surface area contributed by atoms with Gasteiger partial charge in [0.05, 0.1) is 43.9 Å². The Morgan fingerprint density at radius 1 is 1.29 bits per heavy atom. The summed E-state index contributed by atoms with van der Waals surface area (Å²) in [6.07, 6.45) is 0. The maximum atomic E-state index is 13.2. The lowest BCUT2D eigenvalue weighted by Gasteiger charge is -2.20. The Balaban J connectivity index is 2.03. The molecule has 0 fully saturated rings. The third kappa shape index (κ3) is 4.10. The first kappa shape index (κ1) is 19.7. The molecule has 3 aromatic rings. The van der Waals surface area contributed by atoms with E-state index in [2.05, 4.69) is 4.98 Å². The number of hydrogen-bond acceptors (Lipinski definition) is 6. The number of anilines is 1. The molecule has 8 nitrogen and oxygen atoms in total. The maximum Gasteiger partial charge on any atom is 0.270 e. The molecule has 0 bridgehead atoms. The molecule has 1 amide bonds. The van der Waals surface area contributed by atoms with E-state index in [1.165, 1.54) is 34.4 Å². The highest BCUT2D eigenvalue weighted by Gasteiger charge is 2.24. The molecule has 28 heavy (non-hydrogen) atoms. The standard InChI is InChI=1S/C19H20N4O4S/c1-21(2)10-11-22(18(24)13-6-4-7-14(12-13)23(25)26)19-20-17-15(27-3)8-5-9-16(17)28-19/h4-9,12H,10-11H2,1-3H3/p+1. The number of carbonyl (C=O) groups excluding carboxylic acids is 1. The van der Waals surface area contributed by atoms with E-state index in [4.69, 9.17) is 4.74 Å². The number of aromatic nitrogens is 1. The molecule has 0 radical (unpaired) electrons. The van der Waals surface area contributed by atoms with Crippen LogP contribution in [-0.4, -0.2) is 50.1 Å². The monoisotopic (exact) mass is 401 g/mol. The third-order valence-electron chi connectivity index (χ3n) is 4.21. The molecule has 0 aliphatic rings. The van der Waals surface area contributed by atoms with Crippen molar-refractivity contribution in [2.24, 2.45) is 0 Å². The van der Waals surface area contributed by atoms with Gasteiger partial charge in [-0.3, -0.25) is 19.8 Å². The quantitative estimate of drug-likeness (QED) is 0.483. The van der Waals surface area contributed by atoms with Crippen molar-refractivity contribution in [1.29, 1.82) is 0 Å². The molecule has 0 unspecified atom stereocenters. The van der Waals surface area contributed by atoms with Crippen LogP contribution < -0.4 is 14.5 Å². The summed E-state index contributed by atoms with van der Waals surface area (Å²) >= 11 is 1.39. The van der Waals surface area contributed by atoms with E-state index in [0.717, 1.165) is 4.70 Å². The summed E-state index contributed by atoms with van der Waals surface area (Å²) in [6, 6.07) is 11.4. The number of nitrogens with one attached hydrogen (secondary N) is 1. The molecule has 0 aliphatic carbocycles. The number of para-hydroxylation sites is 1. The van der Waals surface area contributed by atoms with Gasteiger partial charge >= 0.3 is 0 Å². The summed E-state index contributed by atoms with van der Waals surface area (Å²) in [7, 11) is 5.57. The first-order chi connectivity index (χ1) is 13.4. The van der Waals surface area contributed by atoms with E-state index in [0.29, 0.717) is 29.5 Å². The number of hydrogen-bond donors (Lipinski definition) is 1. The van der Waals surface area contributed by atoms with Crippen molar-refractivity contribution in [2.75, 3.05) is 39.2 Å². The first-order valence-corrected chi connectivity index (χ1v) is 9.51. The number of quaternary nitrogens is 1. The van der Waals surface area contributed by atoms with Crippen molar-refractivity contribution in [1.82, 2.24) is 4.98 Å². The summed E-state index contributed by atoms with van der Waals surface area (Å²) in [5.41, 5.74) is 0.836. The fraction of sp³-hybridized carbons (Fsp3) is 0.263. The van der Waals surface area contributed by atoms with Gasteiger partial charge in [0.25, 0.3) is 11.6 Å². The van der Waals surface area contributed by atoms with E-state index in [9.17, 15) is 14.9 Å². The number of rotatable bonds is 7. The number of carbonyl (C=O) groups is 1. The molecular weight excluding hydrogens is 380 g/mol. The highest BCUT2D eigenvalue weighted by molar-refractivity contribution is 7.22. The van der Waals surface area contributed by atoms with Crippen molar-refractivity contribution < 1.29 is 19.4 Å². The molecule has 0 atom stereocenters. The molecule has 0 aliphatic heterocycles. The fourth-order valence-electron chi connectivity index (χ4n) is 2.72. The van der Waals surface area contributed by atoms with Gasteiger partial charge in [-0.1, -0.05) is 23.5 Å². The van der Waals surface area contributed by atoms with Gasteiger partial charge in [-0.2, -0.15) is 0 Å². The minimum Gasteiger partial charge on any atom is -0.494 e. The molecule has 146 valence electrons. The number of ether oxygens (including phenoxy) is 1. The molecule has 1 heterocycles. The number of likely N-dealkylation sites (N-methyl/N-ethyl adjacent to an activating group) is 1. The van der Waals surface area contributed by atoms with Crippen LogP contribution in [0, 0.1) is 10.1 Å². The van der Waals surface area contributed by atoms with Crippen molar-refractivity contribution in [3.8, 4) is 5.75 Å². The number of amides is 1. The van der Waals surface area contributed by atoms with E-state index in [1.54, 1.807) is 18.1 Å². The van der Waals surface area contributed by atoms with E-state index >= 15 is 0 Å². The number of benzene rings is 2. The topological polar surface area (TPSA) is 90.0 Å². The Kier molecular flexibility index (Phi) is 5.86. The molecule has 0 saturated heterocycles. The van der Waals surface area contributed by atoms with Gasteiger partial charge in [-0.15, -0.1) is 0 Å². The number of fused-ring (bicyclic) bond motifs is 1. The van der Waals surface area contributed by atoms with Gasteiger partial charge in [0.2, 0.25) is 0 Å². The Labute approximate surface area is 166 Å². The number of methoxy groups -OCH3 is 1. The van der Waals surface area contributed by atoms with Gasteiger partial charge in [0.15, 0.2) is 5.13 Å². The van der Waals surface area contributed by atoms with Gasteiger partial charge in [-0.05, 0) is 18.2 Å². The molecule has 1 aromatic heterocycles. The van der Waals surface area contributed by atoms with Gasteiger partial charge in [0, 0.05) is 17.7 Å². The van der Waals surface area contributed by atoms with E-state index in [-0.39, 0.29) is 17.2 Å². The van der Waals surface area contributed by atoms with Crippen LogP contribution in [0.25, 0.3) is 10.2 Å². The third-order valence-corrected chi connectivity index (χ3v) is 5.25. The smallest absolute Gasteiger partial charge is 0.270 e. The van der Waals surface area contributed by atoms with Crippen LogP contribution in [-0.2, 0) is 0 Å². The van der Waals surface area contributed by atoms with Crippen LogP contribution in [0.2, 0.25) is 0 Å². The van der Waals surface area contributed by atoms with Crippen LogP contribution in [0.4, 0.5) is 10.8 Å². The van der Waals surface area contributed by atoms with E-state index in [1.807, 2.05) is 32.3 Å². The molecule has 2 aromatic carbocycles. The minimum absolute atomic E-state index is 0.116. The first-order valence-electron chi connectivity index (χ1n) is 8.69. The second-order valence-electron chi connectivity index (χ2n) is 6.52.